The van der Waals surface area contributed by atoms with Crippen molar-refractivity contribution < 1.29 is 19.0 Å². The number of rotatable bonds is 4. The summed E-state index contributed by atoms with van der Waals surface area (Å²) in [7, 11) is 0. The zero-order chi connectivity index (χ0) is 14.9. The molecule has 2 rings (SSSR count). The summed E-state index contributed by atoms with van der Waals surface area (Å²) in [4.78, 5) is 19.5. The summed E-state index contributed by atoms with van der Waals surface area (Å²) >= 11 is 0. The summed E-state index contributed by atoms with van der Waals surface area (Å²) in [5.41, 5.74) is -2.96. The Morgan fingerprint density at radius 2 is 1.85 bits per heavy atom. The van der Waals surface area contributed by atoms with Crippen LogP contribution >= 0.6 is 0 Å². The second kappa shape index (κ2) is 4.73. The van der Waals surface area contributed by atoms with E-state index in [9.17, 15) is 24.6 Å². The SMILES string of the molecule is N#CC1(Oc2cc(F)c([N+](=O)[O-])cc2[N+](=O)[O-])CCC1. The fourth-order valence-corrected chi connectivity index (χ4v) is 1.84. The number of halogens is 1. The Kier molecular flexibility index (Phi) is 3.23. The zero-order valence-corrected chi connectivity index (χ0v) is 10.0. The van der Waals surface area contributed by atoms with E-state index in [1.165, 1.54) is 0 Å². The van der Waals surface area contributed by atoms with E-state index < -0.39 is 38.4 Å². The lowest BCUT2D eigenvalue weighted by Crippen LogP contribution is -2.41. The predicted molar refractivity (Wildman–Crippen MR) is 62.5 cm³/mol. The van der Waals surface area contributed by atoms with Gasteiger partial charge in [-0.3, -0.25) is 20.2 Å². The first-order valence-corrected chi connectivity index (χ1v) is 5.61. The molecule has 0 saturated heterocycles. The lowest BCUT2D eigenvalue weighted by atomic mass is 9.81. The third-order valence-corrected chi connectivity index (χ3v) is 3.09. The van der Waals surface area contributed by atoms with Gasteiger partial charge >= 0.3 is 11.4 Å². The topological polar surface area (TPSA) is 119 Å². The molecule has 9 heteroatoms. The zero-order valence-electron chi connectivity index (χ0n) is 10.0. The highest BCUT2D eigenvalue weighted by molar-refractivity contribution is 5.55. The summed E-state index contributed by atoms with van der Waals surface area (Å²) in [5, 5.41) is 30.4. The maximum absolute atomic E-state index is 13.5. The van der Waals surface area contributed by atoms with Gasteiger partial charge in [0.15, 0.2) is 5.60 Å². The van der Waals surface area contributed by atoms with Crippen LogP contribution in [0.3, 0.4) is 0 Å². The Balaban J connectivity index is 2.47. The van der Waals surface area contributed by atoms with Crippen molar-refractivity contribution in [2.75, 3.05) is 0 Å². The lowest BCUT2D eigenvalue weighted by Gasteiger charge is -2.34. The van der Waals surface area contributed by atoms with Crippen LogP contribution in [0, 0.1) is 37.4 Å². The second-order valence-electron chi connectivity index (χ2n) is 4.35. The first-order chi connectivity index (χ1) is 9.38. The molecule has 0 atom stereocenters. The Hall–Kier alpha value is -2.76. The van der Waals surface area contributed by atoms with Crippen LogP contribution < -0.4 is 4.74 Å². The molecule has 0 bridgehead atoms. The van der Waals surface area contributed by atoms with Crippen molar-refractivity contribution >= 4 is 11.4 Å². The fraction of sp³-hybridized carbons (Fsp3) is 0.364. The van der Waals surface area contributed by atoms with Gasteiger partial charge in [-0.2, -0.15) is 9.65 Å². The maximum atomic E-state index is 13.5. The Bertz CT molecular complexity index is 636. The number of hydrogen-bond donors (Lipinski definition) is 0. The maximum Gasteiger partial charge on any atom is 0.318 e. The van der Waals surface area contributed by atoms with Gasteiger partial charge in [-0.15, -0.1) is 0 Å². The molecule has 0 aromatic heterocycles. The predicted octanol–water partition coefficient (Wildman–Crippen LogP) is 2.47. The minimum Gasteiger partial charge on any atom is -0.465 e. The Morgan fingerprint density at radius 3 is 2.25 bits per heavy atom. The summed E-state index contributed by atoms with van der Waals surface area (Å²) in [5.74, 6) is -1.72. The Morgan fingerprint density at radius 1 is 1.25 bits per heavy atom. The standard InChI is InChI=1S/C11H8FN3O5/c12-7-4-10(20-11(6-13)2-1-3-11)9(15(18)19)5-8(7)14(16)17/h4-5H,1-3H2. The van der Waals surface area contributed by atoms with E-state index in [0.717, 1.165) is 6.42 Å². The van der Waals surface area contributed by atoms with Gasteiger partial charge in [-0.25, -0.2) is 0 Å². The van der Waals surface area contributed by atoms with Crippen LogP contribution in [0.4, 0.5) is 15.8 Å². The molecule has 0 N–H and O–H groups in total. The minimum atomic E-state index is -1.25. The van der Waals surface area contributed by atoms with Crippen LogP contribution in [0.5, 0.6) is 5.75 Å². The van der Waals surface area contributed by atoms with Gasteiger partial charge in [-0.1, -0.05) is 0 Å². The molecule has 1 fully saturated rings. The molecule has 0 unspecified atom stereocenters. The minimum absolute atomic E-state index is 0.374. The van der Waals surface area contributed by atoms with E-state index in [2.05, 4.69) is 0 Å². The van der Waals surface area contributed by atoms with Crippen molar-refractivity contribution in [3.63, 3.8) is 0 Å². The number of ether oxygens (including phenoxy) is 1. The van der Waals surface area contributed by atoms with Gasteiger partial charge in [0, 0.05) is 18.9 Å². The largest absolute Gasteiger partial charge is 0.465 e. The second-order valence-corrected chi connectivity index (χ2v) is 4.35. The van der Waals surface area contributed by atoms with Crippen LogP contribution in [0.1, 0.15) is 19.3 Å². The van der Waals surface area contributed by atoms with Crippen LogP contribution in [0.2, 0.25) is 0 Å². The summed E-state index contributed by atoms with van der Waals surface area (Å²) in [6, 6.07) is 2.96. The molecule has 1 aromatic carbocycles. The van der Waals surface area contributed by atoms with Crippen LogP contribution in [0.25, 0.3) is 0 Å². The molecule has 1 aliphatic carbocycles. The molecule has 8 nitrogen and oxygen atoms in total. The number of nitro benzene ring substituents is 2. The monoisotopic (exact) mass is 281 g/mol. The van der Waals surface area contributed by atoms with E-state index in [1.807, 2.05) is 6.07 Å². The molecule has 0 amide bonds. The number of benzene rings is 1. The van der Waals surface area contributed by atoms with Crippen molar-refractivity contribution in [2.45, 2.75) is 24.9 Å². The molecular weight excluding hydrogens is 273 g/mol. The van der Waals surface area contributed by atoms with E-state index >= 15 is 0 Å². The van der Waals surface area contributed by atoms with Crippen molar-refractivity contribution in [3.8, 4) is 11.8 Å². The van der Waals surface area contributed by atoms with E-state index in [0.29, 0.717) is 25.0 Å². The third-order valence-electron chi connectivity index (χ3n) is 3.09. The van der Waals surface area contributed by atoms with Crippen molar-refractivity contribution in [1.29, 1.82) is 5.26 Å². The van der Waals surface area contributed by atoms with Gasteiger partial charge in [0.05, 0.1) is 9.85 Å². The summed E-state index contributed by atoms with van der Waals surface area (Å²) < 4.78 is 18.7. The lowest BCUT2D eigenvalue weighted by molar-refractivity contribution is -0.396. The van der Waals surface area contributed by atoms with E-state index in [-0.39, 0.29) is 0 Å². The van der Waals surface area contributed by atoms with Crippen LogP contribution in [0.15, 0.2) is 12.1 Å². The van der Waals surface area contributed by atoms with Crippen molar-refractivity contribution in [1.82, 2.24) is 0 Å². The van der Waals surface area contributed by atoms with E-state index in [1.54, 1.807) is 0 Å². The Labute approximate surface area is 111 Å². The highest BCUT2D eigenvalue weighted by atomic mass is 19.1. The van der Waals surface area contributed by atoms with Gasteiger partial charge in [-0.05, 0) is 6.42 Å². The highest BCUT2D eigenvalue weighted by Gasteiger charge is 2.42. The number of hydrogen-bond acceptors (Lipinski definition) is 6. The molecule has 1 saturated carbocycles. The van der Waals surface area contributed by atoms with Crippen LogP contribution in [-0.2, 0) is 0 Å². The van der Waals surface area contributed by atoms with Gasteiger partial charge < -0.3 is 4.74 Å². The number of nitro groups is 2. The van der Waals surface area contributed by atoms with Crippen molar-refractivity contribution in [2.24, 2.45) is 0 Å². The quantitative estimate of drug-likeness (QED) is 0.617. The molecule has 1 aromatic rings. The van der Waals surface area contributed by atoms with Gasteiger partial charge in [0.25, 0.3) is 0 Å². The first-order valence-electron chi connectivity index (χ1n) is 5.61. The van der Waals surface area contributed by atoms with Crippen LogP contribution in [-0.4, -0.2) is 15.4 Å². The molecular formula is C11H8FN3O5. The average molecular weight is 281 g/mol. The van der Waals surface area contributed by atoms with Gasteiger partial charge in [0.2, 0.25) is 11.6 Å². The number of nitrogens with zero attached hydrogens (tertiary/aromatic N) is 3. The first kappa shape index (κ1) is 13.7. The van der Waals surface area contributed by atoms with Gasteiger partial charge in [0.1, 0.15) is 12.1 Å². The smallest absolute Gasteiger partial charge is 0.318 e. The molecule has 20 heavy (non-hydrogen) atoms. The molecule has 0 heterocycles. The molecule has 104 valence electrons. The third kappa shape index (κ3) is 2.23. The van der Waals surface area contributed by atoms with E-state index in [4.69, 9.17) is 10.00 Å². The van der Waals surface area contributed by atoms with Crippen molar-refractivity contribution in [3.05, 3.63) is 38.2 Å². The molecule has 1 aliphatic rings. The summed E-state index contributed by atoms with van der Waals surface area (Å²) in [6.45, 7) is 0. The average Bonchev–Trinajstić information content (AvgIpc) is 2.33. The molecule has 0 spiro atoms. The normalized spacial score (nSPS) is 15.8. The highest BCUT2D eigenvalue weighted by Crippen LogP contribution is 2.41. The molecule has 0 aliphatic heterocycles. The number of nitriles is 1. The fourth-order valence-electron chi connectivity index (χ4n) is 1.84. The summed E-state index contributed by atoms with van der Waals surface area (Å²) in [6.07, 6.45) is 1.47. The molecule has 0 radical (unpaired) electrons.